The standard InChI is InChI=1S/C20H28N4O4/c1-12(2)16-9-14(25)10-20(28-16)4-6-23(7-5-20)18(26)15-11-21-17-8-13(3)22-24(17)19(15)27/h8,11-12,14,16,22,25H,4-7,9-10H2,1-3H3/t14-,16-/m1/s1. The molecule has 4 rings (SSSR count). The van der Waals surface area contributed by atoms with Crippen LogP contribution in [0.5, 0.6) is 0 Å². The topological polar surface area (TPSA) is 99.9 Å². The molecule has 1 spiro atoms. The zero-order valence-corrected chi connectivity index (χ0v) is 16.6. The summed E-state index contributed by atoms with van der Waals surface area (Å²) in [6.45, 7) is 7.05. The van der Waals surface area contributed by atoms with E-state index in [1.807, 2.05) is 6.92 Å². The predicted octanol–water partition coefficient (Wildman–Crippen LogP) is 1.50. The number of ether oxygens (including phenoxy) is 1. The summed E-state index contributed by atoms with van der Waals surface area (Å²) >= 11 is 0. The van der Waals surface area contributed by atoms with Gasteiger partial charge >= 0.3 is 0 Å². The van der Waals surface area contributed by atoms with Gasteiger partial charge in [-0.3, -0.25) is 14.7 Å². The molecule has 0 bridgehead atoms. The summed E-state index contributed by atoms with van der Waals surface area (Å²) in [4.78, 5) is 31.5. The summed E-state index contributed by atoms with van der Waals surface area (Å²) in [6, 6.07) is 1.76. The number of carbonyl (C=O) groups is 1. The van der Waals surface area contributed by atoms with Crippen molar-refractivity contribution in [3.63, 3.8) is 0 Å². The Hall–Kier alpha value is -2.19. The number of aromatic nitrogens is 3. The van der Waals surface area contributed by atoms with E-state index in [0.29, 0.717) is 50.3 Å². The molecule has 0 aliphatic carbocycles. The number of aryl methyl sites for hydroxylation is 1. The Balaban J connectivity index is 1.50. The molecule has 152 valence electrons. The molecule has 2 aromatic rings. The van der Waals surface area contributed by atoms with Gasteiger partial charge in [0.1, 0.15) is 5.56 Å². The first-order valence-electron chi connectivity index (χ1n) is 10.0. The average molecular weight is 388 g/mol. The van der Waals surface area contributed by atoms with Crippen LogP contribution >= 0.6 is 0 Å². The molecule has 0 radical (unpaired) electrons. The van der Waals surface area contributed by atoms with Gasteiger partial charge in [-0.15, -0.1) is 0 Å². The second kappa shape index (κ2) is 7.00. The lowest BCUT2D eigenvalue weighted by Gasteiger charge is -2.48. The van der Waals surface area contributed by atoms with Crippen molar-refractivity contribution in [2.75, 3.05) is 13.1 Å². The van der Waals surface area contributed by atoms with Crippen molar-refractivity contribution >= 4 is 11.6 Å². The maximum atomic E-state index is 12.9. The zero-order valence-electron chi connectivity index (χ0n) is 16.6. The molecule has 8 heteroatoms. The van der Waals surface area contributed by atoms with E-state index in [9.17, 15) is 14.7 Å². The first-order chi connectivity index (χ1) is 13.3. The highest BCUT2D eigenvalue weighted by atomic mass is 16.5. The lowest BCUT2D eigenvalue weighted by atomic mass is 9.80. The molecule has 4 heterocycles. The number of hydrogen-bond acceptors (Lipinski definition) is 5. The number of likely N-dealkylation sites (tertiary alicyclic amines) is 1. The third-order valence-electron chi connectivity index (χ3n) is 6.07. The summed E-state index contributed by atoms with van der Waals surface area (Å²) in [5, 5.41) is 13.2. The summed E-state index contributed by atoms with van der Waals surface area (Å²) in [6.07, 6.45) is 3.65. The number of rotatable bonds is 2. The van der Waals surface area contributed by atoms with Gasteiger partial charge in [0.2, 0.25) is 0 Å². The third kappa shape index (κ3) is 3.35. The normalized spacial score (nSPS) is 25.0. The van der Waals surface area contributed by atoms with Crippen LogP contribution in [0.4, 0.5) is 0 Å². The van der Waals surface area contributed by atoms with Gasteiger partial charge in [-0.25, -0.2) is 9.50 Å². The van der Waals surface area contributed by atoms with Gasteiger partial charge in [-0.2, -0.15) is 0 Å². The Morgan fingerprint density at radius 1 is 1.39 bits per heavy atom. The van der Waals surface area contributed by atoms with E-state index < -0.39 is 0 Å². The van der Waals surface area contributed by atoms with Crippen LogP contribution in [-0.4, -0.2) is 61.4 Å². The minimum atomic E-state index is -0.382. The van der Waals surface area contributed by atoms with Gasteiger partial charge in [0, 0.05) is 37.5 Å². The molecule has 1 amide bonds. The Morgan fingerprint density at radius 2 is 2.11 bits per heavy atom. The van der Waals surface area contributed by atoms with E-state index in [1.54, 1.807) is 11.0 Å². The van der Waals surface area contributed by atoms with E-state index in [1.165, 1.54) is 10.7 Å². The van der Waals surface area contributed by atoms with Gasteiger partial charge in [-0.1, -0.05) is 13.8 Å². The number of aliphatic hydroxyl groups excluding tert-OH is 1. The van der Waals surface area contributed by atoms with Gasteiger partial charge < -0.3 is 14.7 Å². The van der Waals surface area contributed by atoms with Gasteiger partial charge in [0.25, 0.3) is 11.5 Å². The summed E-state index contributed by atoms with van der Waals surface area (Å²) in [5.41, 5.74) is 0.618. The fourth-order valence-corrected chi connectivity index (χ4v) is 4.44. The molecule has 2 aliphatic rings. The number of H-pyrrole nitrogens is 1. The van der Waals surface area contributed by atoms with Crippen molar-refractivity contribution < 1.29 is 14.6 Å². The molecule has 0 unspecified atom stereocenters. The van der Waals surface area contributed by atoms with Crippen molar-refractivity contribution in [3.8, 4) is 0 Å². The van der Waals surface area contributed by atoms with Gasteiger partial charge in [0.05, 0.1) is 17.8 Å². The van der Waals surface area contributed by atoms with E-state index in [0.717, 1.165) is 5.69 Å². The maximum absolute atomic E-state index is 12.9. The molecule has 0 aromatic carbocycles. The molecule has 28 heavy (non-hydrogen) atoms. The van der Waals surface area contributed by atoms with E-state index in [4.69, 9.17) is 4.74 Å². The summed E-state index contributed by atoms with van der Waals surface area (Å²) < 4.78 is 7.69. The minimum Gasteiger partial charge on any atom is -0.393 e. The second-order valence-electron chi connectivity index (χ2n) is 8.58. The van der Waals surface area contributed by atoms with Crippen LogP contribution in [0.15, 0.2) is 17.1 Å². The number of fused-ring (bicyclic) bond motifs is 1. The predicted molar refractivity (Wildman–Crippen MR) is 103 cm³/mol. The zero-order chi connectivity index (χ0) is 20.1. The Bertz CT molecular complexity index is 939. The van der Waals surface area contributed by atoms with Crippen LogP contribution < -0.4 is 5.56 Å². The molecular weight excluding hydrogens is 360 g/mol. The van der Waals surface area contributed by atoms with Crippen LogP contribution in [0.1, 0.15) is 55.6 Å². The van der Waals surface area contributed by atoms with Crippen molar-refractivity contribution in [1.82, 2.24) is 19.5 Å². The first kappa shape index (κ1) is 19.1. The highest BCUT2D eigenvalue weighted by Crippen LogP contribution is 2.39. The lowest BCUT2D eigenvalue weighted by Crippen LogP contribution is -2.54. The van der Waals surface area contributed by atoms with E-state index in [-0.39, 0.29) is 34.8 Å². The highest BCUT2D eigenvalue weighted by molar-refractivity contribution is 5.93. The fraction of sp³-hybridized carbons (Fsp3) is 0.650. The molecule has 2 aliphatic heterocycles. The number of piperidine rings is 1. The monoisotopic (exact) mass is 388 g/mol. The van der Waals surface area contributed by atoms with Crippen LogP contribution in [0.2, 0.25) is 0 Å². The molecule has 2 fully saturated rings. The average Bonchev–Trinajstić information content (AvgIpc) is 3.03. The Morgan fingerprint density at radius 3 is 2.79 bits per heavy atom. The molecule has 2 aromatic heterocycles. The van der Waals surface area contributed by atoms with Crippen molar-refractivity contribution in [2.24, 2.45) is 5.92 Å². The summed E-state index contributed by atoms with van der Waals surface area (Å²) in [5.74, 6) is 0.0411. The van der Waals surface area contributed by atoms with E-state index in [2.05, 4.69) is 23.9 Å². The number of aliphatic hydroxyl groups is 1. The number of aromatic amines is 1. The minimum absolute atomic E-state index is 0.0402. The van der Waals surface area contributed by atoms with Gasteiger partial charge in [-0.05, 0) is 32.1 Å². The third-order valence-corrected chi connectivity index (χ3v) is 6.07. The highest BCUT2D eigenvalue weighted by Gasteiger charge is 2.44. The van der Waals surface area contributed by atoms with Crippen molar-refractivity contribution in [1.29, 1.82) is 0 Å². The molecule has 2 N–H and O–H groups in total. The summed E-state index contributed by atoms with van der Waals surface area (Å²) in [7, 11) is 0. The Kier molecular flexibility index (Phi) is 4.79. The number of hydrogen-bond donors (Lipinski definition) is 2. The smallest absolute Gasteiger partial charge is 0.285 e. The Labute approximate surface area is 163 Å². The van der Waals surface area contributed by atoms with Crippen molar-refractivity contribution in [2.45, 2.75) is 64.3 Å². The maximum Gasteiger partial charge on any atom is 0.285 e. The quantitative estimate of drug-likeness (QED) is 0.812. The number of amides is 1. The molecule has 8 nitrogen and oxygen atoms in total. The van der Waals surface area contributed by atoms with Crippen LogP contribution in [-0.2, 0) is 4.74 Å². The molecular formula is C20H28N4O4. The number of nitrogens with one attached hydrogen (secondary N) is 1. The number of carbonyl (C=O) groups excluding carboxylic acids is 1. The SMILES string of the molecule is Cc1cc2ncc(C(=O)N3CCC4(CC3)C[C@H](O)C[C@H](C(C)C)O4)c(=O)n2[nH]1. The molecule has 2 atom stereocenters. The lowest BCUT2D eigenvalue weighted by molar-refractivity contribution is -0.190. The largest absolute Gasteiger partial charge is 0.393 e. The first-order valence-corrected chi connectivity index (χ1v) is 10.0. The second-order valence-corrected chi connectivity index (χ2v) is 8.58. The van der Waals surface area contributed by atoms with Gasteiger partial charge in [0.15, 0.2) is 5.65 Å². The fourth-order valence-electron chi connectivity index (χ4n) is 4.44. The van der Waals surface area contributed by atoms with Crippen LogP contribution in [0.3, 0.4) is 0 Å². The molecule has 0 saturated carbocycles. The molecule has 2 saturated heterocycles. The number of nitrogens with zero attached hydrogens (tertiary/aromatic N) is 3. The van der Waals surface area contributed by atoms with Crippen molar-refractivity contribution in [3.05, 3.63) is 33.9 Å². The van der Waals surface area contributed by atoms with Crippen LogP contribution in [0.25, 0.3) is 5.65 Å². The van der Waals surface area contributed by atoms with Crippen LogP contribution in [0, 0.1) is 12.8 Å². The van der Waals surface area contributed by atoms with E-state index >= 15 is 0 Å².